The average molecular weight is 375 g/mol. The van der Waals surface area contributed by atoms with Crippen LogP contribution in [0.2, 0.25) is 0 Å². The molecule has 140 valence electrons. The Morgan fingerprint density at radius 3 is 2.73 bits per heavy atom. The largest absolute Gasteiger partial charge is 0.348 e. The summed E-state index contributed by atoms with van der Waals surface area (Å²) in [6.45, 7) is 3.94. The number of hydrogen-bond acceptors (Lipinski definition) is 6. The Kier molecular flexibility index (Phi) is 5.19. The molecular weight excluding hydrogens is 348 g/mol. The Bertz CT molecular complexity index is 758. The Hall–Kier alpha value is -1.96. The van der Waals surface area contributed by atoms with Gasteiger partial charge in [-0.1, -0.05) is 43.4 Å². The van der Waals surface area contributed by atoms with Gasteiger partial charge < -0.3 is 4.90 Å². The van der Waals surface area contributed by atoms with Crippen molar-refractivity contribution in [2.45, 2.75) is 58.3 Å². The molecule has 2 N–H and O–H groups in total. The van der Waals surface area contributed by atoms with Gasteiger partial charge in [0.05, 0.1) is 5.69 Å². The molecule has 0 bridgehead atoms. The van der Waals surface area contributed by atoms with Crippen molar-refractivity contribution in [2.24, 2.45) is 5.92 Å². The van der Waals surface area contributed by atoms with Crippen molar-refractivity contribution >= 4 is 28.3 Å². The van der Waals surface area contributed by atoms with Crippen molar-refractivity contribution in [1.82, 2.24) is 20.2 Å². The maximum Gasteiger partial charge on any atom is 0.270 e. The van der Waals surface area contributed by atoms with E-state index in [2.05, 4.69) is 30.4 Å². The summed E-state index contributed by atoms with van der Waals surface area (Å²) in [4.78, 5) is 24.5. The van der Waals surface area contributed by atoms with E-state index in [1.54, 1.807) is 0 Å². The van der Waals surface area contributed by atoms with Crippen molar-refractivity contribution < 1.29 is 4.79 Å². The number of aryl methyl sites for hydroxylation is 1. The first-order chi connectivity index (χ1) is 12.7. The van der Waals surface area contributed by atoms with E-state index in [1.165, 1.54) is 56.3 Å². The third kappa shape index (κ3) is 3.90. The summed E-state index contributed by atoms with van der Waals surface area (Å²) in [6.07, 6.45) is 9.81. The number of aromatic nitrogens is 4. The van der Waals surface area contributed by atoms with Gasteiger partial charge in [-0.15, -0.1) is 5.10 Å². The predicted octanol–water partition coefficient (Wildman–Crippen LogP) is 3.54. The molecule has 2 aliphatic rings. The number of hydrogen-bond donors (Lipinski definition) is 2. The van der Waals surface area contributed by atoms with Crippen LogP contribution in [0.15, 0.2) is 0 Å². The molecule has 0 spiro atoms. The summed E-state index contributed by atoms with van der Waals surface area (Å²) >= 11 is 1.46. The first-order valence-electron chi connectivity index (χ1n) is 9.64. The monoisotopic (exact) mass is 374 g/mol. The van der Waals surface area contributed by atoms with Gasteiger partial charge in [0, 0.05) is 19.5 Å². The summed E-state index contributed by atoms with van der Waals surface area (Å²) in [5.41, 5.74) is 0.771. The Labute approximate surface area is 157 Å². The highest BCUT2D eigenvalue weighted by atomic mass is 32.1. The van der Waals surface area contributed by atoms with E-state index in [0.29, 0.717) is 16.7 Å². The fourth-order valence-electron chi connectivity index (χ4n) is 3.90. The van der Waals surface area contributed by atoms with E-state index in [4.69, 9.17) is 0 Å². The molecule has 3 heterocycles. The molecule has 1 amide bonds. The standard InChI is InChI=1S/C18H26N6OS/c1-12-15(26-18(19-12)24-9-5-6-10-24)16(25)21-17-20-14(22-23-17)11-13-7-3-2-4-8-13/h13H,2-11H2,1H3,(H2,20,21,22,23,25). The van der Waals surface area contributed by atoms with Crippen LogP contribution in [-0.4, -0.2) is 39.2 Å². The van der Waals surface area contributed by atoms with Crippen molar-refractivity contribution in [3.05, 3.63) is 16.4 Å². The Balaban J connectivity index is 1.38. The molecule has 7 nitrogen and oxygen atoms in total. The fourth-order valence-corrected chi connectivity index (χ4v) is 4.92. The highest BCUT2D eigenvalue weighted by Gasteiger charge is 2.22. The number of rotatable bonds is 5. The quantitative estimate of drug-likeness (QED) is 0.836. The molecule has 26 heavy (non-hydrogen) atoms. The first-order valence-corrected chi connectivity index (χ1v) is 10.5. The lowest BCUT2D eigenvalue weighted by molar-refractivity contribution is 0.102. The lowest BCUT2D eigenvalue weighted by atomic mass is 9.87. The van der Waals surface area contributed by atoms with Gasteiger partial charge in [-0.3, -0.25) is 15.2 Å². The van der Waals surface area contributed by atoms with Crippen LogP contribution >= 0.6 is 11.3 Å². The van der Waals surface area contributed by atoms with Gasteiger partial charge in [0.25, 0.3) is 5.91 Å². The number of carbonyl (C=O) groups excluding carboxylic acids is 1. The molecule has 0 radical (unpaired) electrons. The Morgan fingerprint density at radius 1 is 1.19 bits per heavy atom. The normalized spacial score (nSPS) is 18.4. The van der Waals surface area contributed by atoms with Crippen LogP contribution in [0.25, 0.3) is 0 Å². The van der Waals surface area contributed by atoms with Crippen LogP contribution in [0.3, 0.4) is 0 Å². The van der Waals surface area contributed by atoms with Crippen LogP contribution in [0.4, 0.5) is 11.1 Å². The van der Waals surface area contributed by atoms with Gasteiger partial charge in [-0.25, -0.2) is 4.98 Å². The summed E-state index contributed by atoms with van der Waals surface area (Å²) in [5, 5.41) is 10.9. The predicted molar refractivity (Wildman–Crippen MR) is 103 cm³/mol. The smallest absolute Gasteiger partial charge is 0.270 e. The molecular formula is C18H26N6OS. The molecule has 1 aliphatic heterocycles. The van der Waals surface area contributed by atoms with Crippen LogP contribution in [0, 0.1) is 12.8 Å². The van der Waals surface area contributed by atoms with Crippen molar-refractivity contribution in [1.29, 1.82) is 0 Å². The van der Waals surface area contributed by atoms with Crippen LogP contribution < -0.4 is 10.2 Å². The van der Waals surface area contributed by atoms with Gasteiger partial charge in [0.2, 0.25) is 5.95 Å². The molecule has 0 atom stereocenters. The molecule has 0 unspecified atom stereocenters. The highest BCUT2D eigenvalue weighted by molar-refractivity contribution is 7.17. The van der Waals surface area contributed by atoms with Gasteiger partial charge in [-0.2, -0.15) is 4.98 Å². The van der Waals surface area contributed by atoms with E-state index in [9.17, 15) is 4.79 Å². The second-order valence-electron chi connectivity index (χ2n) is 7.37. The van der Waals surface area contributed by atoms with E-state index in [1.807, 2.05) is 6.92 Å². The van der Waals surface area contributed by atoms with E-state index in [-0.39, 0.29) is 5.91 Å². The summed E-state index contributed by atoms with van der Waals surface area (Å²) < 4.78 is 0. The maximum absolute atomic E-state index is 12.6. The molecule has 4 rings (SSSR count). The zero-order chi connectivity index (χ0) is 17.9. The minimum Gasteiger partial charge on any atom is -0.348 e. The van der Waals surface area contributed by atoms with Crippen molar-refractivity contribution in [3.8, 4) is 0 Å². The SMILES string of the molecule is Cc1nc(N2CCCC2)sc1C(=O)Nc1n[nH]c(CC2CCCCC2)n1. The fraction of sp³-hybridized carbons (Fsp3) is 0.667. The summed E-state index contributed by atoms with van der Waals surface area (Å²) in [7, 11) is 0. The molecule has 2 aromatic heterocycles. The van der Waals surface area contributed by atoms with E-state index >= 15 is 0 Å². The third-order valence-electron chi connectivity index (χ3n) is 5.33. The van der Waals surface area contributed by atoms with Gasteiger partial charge in [0.15, 0.2) is 5.13 Å². The highest BCUT2D eigenvalue weighted by Crippen LogP contribution is 2.29. The number of carbonyl (C=O) groups is 1. The second kappa shape index (κ2) is 7.73. The van der Waals surface area contributed by atoms with E-state index < -0.39 is 0 Å². The number of aromatic amines is 1. The van der Waals surface area contributed by atoms with Crippen molar-refractivity contribution in [3.63, 3.8) is 0 Å². The minimum absolute atomic E-state index is 0.173. The number of anilines is 2. The Morgan fingerprint density at radius 2 is 1.96 bits per heavy atom. The first kappa shape index (κ1) is 17.5. The average Bonchev–Trinajstić information content (AvgIpc) is 3.37. The summed E-state index contributed by atoms with van der Waals surface area (Å²) in [5.74, 6) is 1.74. The number of nitrogens with one attached hydrogen (secondary N) is 2. The van der Waals surface area contributed by atoms with Gasteiger partial charge in [-0.05, 0) is 25.7 Å². The number of H-pyrrole nitrogens is 1. The molecule has 1 aliphatic carbocycles. The number of nitrogens with zero attached hydrogens (tertiary/aromatic N) is 4. The van der Waals surface area contributed by atoms with Gasteiger partial charge >= 0.3 is 0 Å². The van der Waals surface area contributed by atoms with E-state index in [0.717, 1.165) is 36.2 Å². The molecule has 2 aromatic rings. The lowest BCUT2D eigenvalue weighted by Crippen LogP contribution is -2.17. The van der Waals surface area contributed by atoms with Gasteiger partial charge in [0.1, 0.15) is 10.7 Å². The van der Waals surface area contributed by atoms with Crippen molar-refractivity contribution in [2.75, 3.05) is 23.3 Å². The van der Waals surface area contributed by atoms with Crippen LogP contribution in [0.1, 0.15) is 66.1 Å². The molecule has 2 fully saturated rings. The molecule has 1 saturated heterocycles. The molecule has 1 saturated carbocycles. The minimum atomic E-state index is -0.173. The zero-order valence-corrected chi connectivity index (χ0v) is 16.1. The zero-order valence-electron chi connectivity index (χ0n) is 15.3. The third-order valence-corrected chi connectivity index (χ3v) is 6.55. The molecule has 0 aromatic carbocycles. The van der Waals surface area contributed by atoms with Crippen LogP contribution in [-0.2, 0) is 6.42 Å². The maximum atomic E-state index is 12.6. The lowest BCUT2D eigenvalue weighted by Gasteiger charge is -2.19. The van der Waals surface area contributed by atoms with Crippen LogP contribution in [0.5, 0.6) is 0 Å². The second-order valence-corrected chi connectivity index (χ2v) is 8.35. The number of amides is 1. The molecule has 8 heteroatoms. The summed E-state index contributed by atoms with van der Waals surface area (Å²) in [6, 6.07) is 0. The number of thiazole rings is 1. The topological polar surface area (TPSA) is 86.8 Å².